The van der Waals surface area contributed by atoms with Gasteiger partial charge in [-0.1, -0.05) is 48.5 Å². The summed E-state index contributed by atoms with van der Waals surface area (Å²) < 4.78 is 0. The number of hydrogen-bond acceptors (Lipinski definition) is 6. The van der Waals surface area contributed by atoms with Crippen molar-refractivity contribution in [1.82, 2.24) is 9.80 Å². The minimum Gasteiger partial charge on any atom is -0.481 e. The van der Waals surface area contributed by atoms with Crippen LogP contribution in [0.3, 0.4) is 0 Å². The summed E-state index contributed by atoms with van der Waals surface area (Å²) in [5, 5.41) is 20.4. The summed E-state index contributed by atoms with van der Waals surface area (Å²) in [6, 6.07) is 21.4. The molecule has 212 valence electrons. The zero-order valence-electron chi connectivity index (χ0n) is 22.4. The van der Waals surface area contributed by atoms with Gasteiger partial charge in [-0.3, -0.25) is 38.6 Å². The number of carbonyl (C=O) groups excluding carboxylic acids is 4. The van der Waals surface area contributed by atoms with Gasteiger partial charge in [-0.15, -0.1) is 0 Å². The summed E-state index contributed by atoms with van der Waals surface area (Å²) in [5.74, 6) is -3.28. The summed E-state index contributed by atoms with van der Waals surface area (Å²) in [6.45, 7) is 0.239. The molecule has 0 radical (unpaired) electrons. The van der Waals surface area contributed by atoms with Crippen LogP contribution in [0.2, 0.25) is 0 Å². The minimum absolute atomic E-state index is 0.0666. The standard InChI is InChI=1S/2C16H13NO4/c2*18-13(19)8-3-9-17-15(20)11-6-1-4-10-5-2-7-12(14(10)11)16(17)21/h2*1-2,4-7H,3,8-9H2,(H,18,19). The summed E-state index contributed by atoms with van der Waals surface area (Å²) in [6.07, 6.45) is 0.377. The first-order valence-electron chi connectivity index (χ1n) is 13.4. The van der Waals surface area contributed by atoms with E-state index in [9.17, 15) is 28.8 Å². The fourth-order valence-corrected chi connectivity index (χ4v) is 5.34. The highest BCUT2D eigenvalue weighted by atomic mass is 16.4. The molecule has 0 saturated carbocycles. The molecule has 42 heavy (non-hydrogen) atoms. The van der Waals surface area contributed by atoms with Crippen LogP contribution in [-0.4, -0.2) is 68.7 Å². The molecule has 0 saturated heterocycles. The first-order valence-corrected chi connectivity index (χ1v) is 13.4. The smallest absolute Gasteiger partial charge is 0.303 e. The van der Waals surface area contributed by atoms with E-state index in [1.807, 2.05) is 24.3 Å². The Morgan fingerprint density at radius 3 is 1.05 bits per heavy atom. The number of carboxylic acids is 2. The van der Waals surface area contributed by atoms with E-state index < -0.39 is 11.9 Å². The van der Waals surface area contributed by atoms with Crippen LogP contribution in [0.1, 0.15) is 67.1 Å². The molecule has 2 aliphatic rings. The molecule has 4 aromatic carbocycles. The zero-order valence-corrected chi connectivity index (χ0v) is 22.4. The molecule has 2 aliphatic heterocycles. The average Bonchev–Trinajstić information content (AvgIpc) is 2.98. The van der Waals surface area contributed by atoms with E-state index in [1.165, 1.54) is 0 Å². The molecule has 4 amide bonds. The highest BCUT2D eigenvalue weighted by molar-refractivity contribution is 6.26. The van der Waals surface area contributed by atoms with Gasteiger partial charge in [-0.25, -0.2) is 0 Å². The van der Waals surface area contributed by atoms with Crippen LogP contribution in [-0.2, 0) is 9.59 Å². The number of aliphatic carboxylic acids is 2. The van der Waals surface area contributed by atoms with Crippen LogP contribution in [0, 0.1) is 0 Å². The van der Waals surface area contributed by atoms with Crippen LogP contribution < -0.4 is 0 Å². The largest absolute Gasteiger partial charge is 0.481 e. The van der Waals surface area contributed by atoms with Crippen LogP contribution >= 0.6 is 0 Å². The number of carboxylic acid groups (broad SMARTS) is 2. The number of carbonyl (C=O) groups is 6. The number of rotatable bonds is 8. The van der Waals surface area contributed by atoms with Crippen LogP contribution in [0.5, 0.6) is 0 Å². The van der Waals surface area contributed by atoms with Crippen LogP contribution in [0.4, 0.5) is 0 Å². The SMILES string of the molecule is O=C(O)CCCN1C(=O)c2cccc3cccc(c23)C1=O.O=C(O)CCCN1C(=O)c2cccc3cccc(c23)C1=O. The third-order valence-corrected chi connectivity index (χ3v) is 7.26. The highest BCUT2D eigenvalue weighted by Gasteiger charge is 2.33. The Morgan fingerprint density at radius 1 is 0.500 bits per heavy atom. The zero-order chi connectivity index (χ0) is 30.0. The van der Waals surface area contributed by atoms with E-state index in [-0.39, 0.29) is 62.4 Å². The van der Waals surface area contributed by atoms with Crippen molar-refractivity contribution in [3.63, 3.8) is 0 Å². The molecule has 0 spiro atoms. The molecule has 0 fully saturated rings. The summed E-state index contributed by atoms with van der Waals surface area (Å²) in [5.41, 5.74) is 1.99. The lowest BCUT2D eigenvalue weighted by molar-refractivity contribution is -0.138. The summed E-state index contributed by atoms with van der Waals surface area (Å²) in [7, 11) is 0. The van der Waals surface area contributed by atoms with Crippen molar-refractivity contribution in [3.8, 4) is 0 Å². The molecule has 0 aromatic heterocycles. The quantitative estimate of drug-likeness (QED) is 0.294. The monoisotopic (exact) mass is 566 g/mol. The Balaban J connectivity index is 0.000000168. The lowest BCUT2D eigenvalue weighted by Crippen LogP contribution is -2.41. The number of hydrogen-bond donors (Lipinski definition) is 2. The maximum absolute atomic E-state index is 12.4. The Bertz CT molecular complexity index is 1560. The Kier molecular flexibility index (Phi) is 7.79. The molecular formula is C32H26N2O8. The van der Waals surface area contributed by atoms with Gasteiger partial charge in [-0.2, -0.15) is 0 Å². The molecule has 6 rings (SSSR count). The topological polar surface area (TPSA) is 149 Å². The van der Waals surface area contributed by atoms with Crippen molar-refractivity contribution in [2.45, 2.75) is 25.7 Å². The fraction of sp³-hybridized carbons (Fsp3) is 0.188. The van der Waals surface area contributed by atoms with E-state index >= 15 is 0 Å². The van der Waals surface area contributed by atoms with Gasteiger partial charge in [0.25, 0.3) is 23.6 Å². The van der Waals surface area contributed by atoms with Gasteiger partial charge in [-0.05, 0) is 47.9 Å². The van der Waals surface area contributed by atoms with Crippen molar-refractivity contribution < 1.29 is 39.0 Å². The third kappa shape index (κ3) is 5.22. The van der Waals surface area contributed by atoms with E-state index in [2.05, 4.69) is 0 Å². The second-order valence-electron chi connectivity index (χ2n) is 9.94. The number of imide groups is 2. The maximum atomic E-state index is 12.4. The molecule has 2 heterocycles. The lowest BCUT2D eigenvalue weighted by atomic mass is 9.94. The van der Waals surface area contributed by atoms with Gasteiger partial charge in [0, 0.05) is 59.0 Å². The average molecular weight is 567 g/mol. The Labute approximate surface area is 239 Å². The summed E-state index contributed by atoms with van der Waals surface area (Å²) in [4.78, 5) is 73.2. The van der Waals surface area contributed by atoms with Gasteiger partial charge in [0.1, 0.15) is 0 Å². The van der Waals surface area contributed by atoms with Gasteiger partial charge < -0.3 is 10.2 Å². The molecule has 0 bridgehead atoms. The predicted molar refractivity (Wildman–Crippen MR) is 152 cm³/mol. The first-order chi connectivity index (χ1) is 20.2. The normalized spacial score (nSPS) is 13.8. The predicted octanol–water partition coefficient (Wildman–Crippen LogP) is 4.60. The van der Waals surface area contributed by atoms with Gasteiger partial charge in [0.2, 0.25) is 0 Å². The number of benzene rings is 4. The maximum Gasteiger partial charge on any atom is 0.303 e. The van der Waals surface area contributed by atoms with Crippen molar-refractivity contribution >= 4 is 57.1 Å². The number of amides is 4. The second kappa shape index (κ2) is 11.6. The van der Waals surface area contributed by atoms with Crippen molar-refractivity contribution in [3.05, 3.63) is 95.1 Å². The van der Waals surface area contributed by atoms with Crippen LogP contribution in [0.25, 0.3) is 21.5 Å². The van der Waals surface area contributed by atoms with Gasteiger partial charge in [0.05, 0.1) is 0 Å². The molecule has 4 aromatic rings. The molecule has 10 heteroatoms. The molecule has 2 N–H and O–H groups in total. The fourth-order valence-electron chi connectivity index (χ4n) is 5.34. The van der Waals surface area contributed by atoms with Crippen LogP contribution in [0.15, 0.2) is 72.8 Å². The number of nitrogens with zero attached hydrogens (tertiary/aromatic N) is 2. The van der Waals surface area contributed by atoms with E-state index in [4.69, 9.17) is 10.2 Å². The lowest BCUT2D eigenvalue weighted by Gasteiger charge is -2.27. The molecule has 10 nitrogen and oxygen atoms in total. The van der Waals surface area contributed by atoms with Crippen molar-refractivity contribution in [1.29, 1.82) is 0 Å². The minimum atomic E-state index is -0.936. The van der Waals surface area contributed by atoms with Crippen molar-refractivity contribution in [2.24, 2.45) is 0 Å². The van der Waals surface area contributed by atoms with E-state index in [1.54, 1.807) is 48.5 Å². The Hall–Kier alpha value is -5.38. The summed E-state index contributed by atoms with van der Waals surface area (Å²) >= 11 is 0. The van der Waals surface area contributed by atoms with Gasteiger partial charge in [0.15, 0.2) is 0 Å². The van der Waals surface area contributed by atoms with E-state index in [0.717, 1.165) is 20.6 Å². The third-order valence-electron chi connectivity index (χ3n) is 7.26. The highest BCUT2D eigenvalue weighted by Crippen LogP contribution is 2.31. The molecule has 0 aliphatic carbocycles. The molecule has 0 atom stereocenters. The second-order valence-corrected chi connectivity index (χ2v) is 9.94. The first kappa shape index (κ1) is 28.2. The van der Waals surface area contributed by atoms with Gasteiger partial charge >= 0.3 is 11.9 Å². The van der Waals surface area contributed by atoms with E-state index in [0.29, 0.717) is 33.0 Å². The molecule has 0 unspecified atom stereocenters. The van der Waals surface area contributed by atoms with Crippen molar-refractivity contribution in [2.75, 3.05) is 13.1 Å². The Morgan fingerprint density at radius 2 is 0.786 bits per heavy atom. The molecular weight excluding hydrogens is 540 g/mol.